The van der Waals surface area contributed by atoms with Gasteiger partial charge in [0.25, 0.3) is 0 Å². The molecule has 0 aliphatic carbocycles. The van der Waals surface area contributed by atoms with Crippen LogP contribution < -0.4 is 22.1 Å². The van der Waals surface area contributed by atoms with Crippen LogP contribution in [0.2, 0.25) is 0 Å². The van der Waals surface area contributed by atoms with Crippen LogP contribution in [-0.2, 0) is 28.8 Å². The normalized spacial score (nSPS) is 13.9. The summed E-state index contributed by atoms with van der Waals surface area (Å²) in [6.45, 7) is 0. The van der Waals surface area contributed by atoms with Gasteiger partial charge in [0.1, 0.15) is 24.2 Å². The molecule has 184 valence electrons. The number of carboxylic acids is 4. The highest BCUT2D eigenvalue weighted by atomic mass is 32.1. The van der Waals surface area contributed by atoms with E-state index in [4.69, 9.17) is 31.9 Å². The lowest BCUT2D eigenvalue weighted by Crippen LogP contribution is -2.42. The Morgan fingerprint density at radius 3 is 1.09 bits per heavy atom. The van der Waals surface area contributed by atoms with Crippen LogP contribution in [-0.4, -0.2) is 91.8 Å². The molecule has 16 heteroatoms. The highest BCUT2D eigenvalue weighted by Crippen LogP contribution is 1.98. The van der Waals surface area contributed by atoms with E-state index in [9.17, 15) is 28.8 Å². The van der Waals surface area contributed by atoms with Crippen molar-refractivity contribution < 1.29 is 49.2 Å². The minimum atomic E-state index is -1.20. The number of carbonyl (C=O) groups excluding carboxylic acids is 2. The Bertz CT molecular complexity index is 623. The summed E-state index contributed by atoms with van der Waals surface area (Å²) < 4.78 is 0. The number of hydrogen-bond acceptors (Lipinski definition) is 10. The van der Waals surface area contributed by atoms with Crippen molar-refractivity contribution in [2.24, 2.45) is 11.5 Å². The predicted octanol–water partition coefficient (Wildman–Crippen LogP) is -2.64. The fourth-order valence-corrected chi connectivity index (χ4v) is 2.22. The fraction of sp³-hybridized carbons (Fsp3) is 0.625. The lowest BCUT2D eigenvalue weighted by Gasteiger charge is -2.12. The number of carboxylic acid groups (broad SMARTS) is 4. The molecule has 10 N–H and O–H groups in total. The first-order valence-electron chi connectivity index (χ1n) is 8.99. The second kappa shape index (κ2) is 17.0. The Morgan fingerprint density at radius 2 is 0.906 bits per heavy atom. The number of hydrogen-bond donors (Lipinski definition) is 10. The summed E-state index contributed by atoms with van der Waals surface area (Å²) in [6, 6.07) is -4.39. The van der Waals surface area contributed by atoms with Crippen LogP contribution in [0.3, 0.4) is 0 Å². The van der Waals surface area contributed by atoms with Crippen molar-refractivity contribution in [2.45, 2.75) is 49.9 Å². The van der Waals surface area contributed by atoms with Gasteiger partial charge >= 0.3 is 23.9 Å². The summed E-state index contributed by atoms with van der Waals surface area (Å²) in [5.74, 6) is -5.96. The average molecular weight is 501 g/mol. The summed E-state index contributed by atoms with van der Waals surface area (Å²) in [5, 5.41) is 38.5. The van der Waals surface area contributed by atoms with E-state index in [-0.39, 0.29) is 37.2 Å². The maximum absolute atomic E-state index is 11.2. The van der Waals surface area contributed by atoms with E-state index in [1.807, 2.05) is 0 Å². The number of amides is 2. The summed E-state index contributed by atoms with van der Waals surface area (Å²) in [4.78, 5) is 64.1. The molecule has 0 spiro atoms. The number of rotatable bonds is 14. The van der Waals surface area contributed by atoms with Gasteiger partial charge in [-0.15, -0.1) is 0 Å². The van der Waals surface area contributed by atoms with Crippen molar-refractivity contribution in [3.63, 3.8) is 0 Å². The topological polar surface area (TPSA) is 259 Å². The number of nitrogens with two attached hydrogens (primary N) is 2. The number of nitrogens with one attached hydrogen (secondary N) is 2. The lowest BCUT2D eigenvalue weighted by molar-refractivity contribution is -0.141. The fourth-order valence-electron chi connectivity index (χ4n) is 1.72. The maximum atomic E-state index is 11.2. The molecule has 0 aromatic carbocycles. The summed E-state index contributed by atoms with van der Waals surface area (Å²) in [5.41, 5.74) is 10.4. The Morgan fingerprint density at radius 1 is 0.625 bits per heavy atom. The van der Waals surface area contributed by atoms with Gasteiger partial charge in [0.15, 0.2) is 0 Å². The summed E-state index contributed by atoms with van der Waals surface area (Å²) in [6.07, 6.45) is -0.351. The first-order valence-corrected chi connectivity index (χ1v) is 10.3. The minimum Gasteiger partial charge on any atom is -0.480 e. The van der Waals surface area contributed by atoms with Crippen LogP contribution in [0.25, 0.3) is 0 Å². The molecular formula is C16H28N4O10S2. The molecule has 4 atom stereocenters. The van der Waals surface area contributed by atoms with E-state index in [2.05, 4.69) is 35.9 Å². The molecule has 0 aromatic rings. The van der Waals surface area contributed by atoms with E-state index >= 15 is 0 Å². The first kappa shape index (κ1) is 31.6. The molecule has 0 aromatic heterocycles. The van der Waals surface area contributed by atoms with Crippen molar-refractivity contribution in [1.29, 1.82) is 0 Å². The molecule has 0 aliphatic rings. The van der Waals surface area contributed by atoms with Gasteiger partial charge < -0.3 is 42.5 Å². The Hall–Kier alpha value is -2.56. The van der Waals surface area contributed by atoms with Crippen LogP contribution >= 0.6 is 25.3 Å². The second-order valence-corrected chi connectivity index (χ2v) is 6.98. The minimum absolute atomic E-state index is 0.0357. The van der Waals surface area contributed by atoms with Crippen LogP contribution in [0, 0.1) is 0 Å². The Balaban J connectivity index is 0. The molecule has 0 unspecified atom stereocenters. The zero-order valence-corrected chi connectivity index (χ0v) is 18.6. The van der Waals surface area contributed by atoms with Gasteiger partial charge in [-0.25, -0.2) is 9.59 Å². The molecule has 0 fully saturated rings. The average Bonchev–Trinajstić information content (AvgIpc) is 2.71. The zero-order chi connectivity index (χ0) is 25.4. The molecule has 0 rings (SSSR count). The van der Waals surface area contributed by atoms with E-state index < -0.39 is 59.9 Å². The van der Waals surface area contributed by atoms with Crippen LogP contribution in [0.4, 0.5) is 0 Å². The Labute approximate surface area is 193 Å². The van der Waals surface area contributed by atoms with Crippen LogP contribution in [0.5, 0.6) is 0 Å². The maximum Gasteiger partial charge on any atom is 0.327 e. The highest BCUT2D eigenvalue weighted by Gasteiger charge is 2.20. The molecule has 0 radical (unpaired) electrons. The van der Waals surface area contributed by atoms with Gasteiger partial charge in [0.2, 0.25) is 11.8 Å². The largest absolute Gasteiger partial charge is 0.480 e. The van der Waals surface area contributed by atoms with Crippen molar-refractivity contribution >= 4 is 60.9 Å². The molecule has 0 saturated heterocycles. The third-order valence-electron chi connectivity index (χ3n) is 3.63. The second-order valence-electron chi connectivity index (χ2n) is 6.25. The third kappa shape index (κ3) is 15.3. The lowest BCUT2D eigenvalue weighted by atomic mass is 10.1. The summed E-state index contributed by atoms with van der Waals surface area (Å²) in [7, 11) is 0. The standard InChI is InChI=1S/2C8H14N2O5S/c2*9-4(7(12)13)1-2-6(11)10-5(3-16)8(14)15/h2*4-5,16H,1-3,9H2,(H,10,11)(H,12,13)(H,14,15)/t2*4-,5-/m00/s1. The monoisotopic (exact) mass is 500 g/mol. The van der Waals surface area contributed by atoms with Crippen LogP contribution in [0.1, 0.15) is 25.7 Å². The van der Waals surface area contributed by atoms with E-state index in [0.717, 1.165) is 0 Å². The van der Waals surface area contributed by atoms with Crippen LogP contribution in [0.15, 0.2) is 0 Å². The van der Waals surface area contributed by atoms with E-state index in [0.29, 0.717) is 0 Å². The van der Waals surface area contributed by atoms with Gasteiger partial charge in [-0.2, -0.15) is 25.3 Å². The van der Waals surface area contributed by atoms with Gasteiger partial charge in [-0.3, -0.25) is 19.2 Å². The van der Waals surface area contributed by atoms with Gasteiger partial charge in [0.05, 0.1) is 0 Å². The third-order valence-corrected chi connectivity index (χ3v) is 4.36. The highest BCUT2D eigenvalue weighted by molar-refractivity contribution is 7.80. The number of aliphatic carboxylic acids is 4. The predicted molar refractivity (Wildman–Crippen MR) is 117 cm³/mol. The van der Waals surface area contributed by atoms with Gasteiger partial charge in [-0.05, 0) is 12.8 Å². The smallest absolute Gasteiger partial charge is 0.327 e. The van der Waals surface area contributed by atoms with E-state index in [1.54, 1.807) is 0 Å². The van der Waals surface area contributed by atoms with Crippen molar-refractivity contribution in [3.8, 4) is 0 Å². The molecule has 0 bridgehead atoms. The Kier molecular flexibility index (Phi) is 16.8. The molecule has 0 saturated carbocycles. The number of thiol groups is 2. The van der Waals surface area contributed by atoms with Gasteiger partial charge in [0, 0.05) is 24.3 Å². The molecule has 0 aliphatic heterocycles. The molecule has 0 heterocycles. The van der Waals surface area contributed by atoms with Gasteiger partial charge in [-0.1, -0.05) is 0 Å². The molecule has 32 heavy (non-hydrogen) atoms. The van der Waals surface area contributed by atoms with E-state index in [1.165, 1.54) is 0 Å². The SMILES string of the molecule is N[C@@H](CCC(=O)N[C@@H](CS)C(=O)O)C(=O)O.N[C@@H](CCC(=O)N[C@@H](CS)C(=O)O)C(=O)O. The quantitative estimate of drug-likeness (QED) is 0.110. The number of carbonyl (C=O) groups is 6. The molecule has 2 amide bonds. The zero-order valence-electron chi connectivity index (χ0n) is 16.8. The molecular weight excluding hydrogens is 472 g/mol. The first-order chi connectivity index (χ1) is 14.8. The molecule has 14 nitrogen and oxygen atoms in total. The van der Waals surface area contributed by atoms with Crippen molar-refractivity contribution in [3.05, 3.63) is 0 Å². The van der Waals surface area contributed by atoms with Crippen molar-refractivity contribution in [2.75, 3.05) is 11.5 Å². The summed E-state index contributed by atoms with van der Waals surface area (Å²) >= 11 is 7.51. The van der Waals surface area contributed by atoms with Crippen molar-refractivity contribution in [1.82, 2.24) is 10.6 Å².